The molecule has 0 saturated heterocycles. The number of hydrogen-bond acceptors (Lipinski definition) is 7. The van der Waals surface area contributed by atoms with Gasteiger partial charge in [-0.2, -0.15) is 0 Å². The number of thiazole rings is 1. The van der Waals surface area contributed by atoms with E-state index in [1.165, 1.54) is 25.6 Å². The molecular formula is C23H24N2O6S. The van der Waals surface area contributed by atoms with Crippen molar-refractivity contribution in [3.8, 4) is 27.8 Å². The quantitative estimate of drug-likeness (QED) is 0.479. The molecule has 0 spiro atoms. The van der Waals surface area contributed by atoms with E-state index in [0.717, 1.165) is 16.3 Å². The van der Waals surface area contributed by atoms with Crippen LogP contribution in [0.25, 0.3) is 10.6 Å². The van der Waals surface area contributed by atoms with Crippen molar-refractivity contribution in [2.75, 3.05) is 21.3 Å². The molecule has 168 valence electrons. The normalized spacial score (nSPS) is 11.5. The molecule has 2 aromatic carbocycles. The summed E-state index contributed by atoms with van der Waals surface area (Å²) in [6.45, 7) is 0. The van der Waals surface area contributed by atoms with Crippen LogP contribution in [-0.4, -0.2) is 43.3 Å². The topological polar surface area (TPSA) is 107 Å². The van der Waals surface area contributed by atoms with Gasteiger partial charge in [0.1, 0.15) is 10.8 Å². The summed E-state index contributed by atoms with van der Waals surface area (Å²) in [5.41, 5.74) is 2.11. The minimum Gasteiger partial charge on any atom is -0.497 e. The molecule has 0 radical (unpaired) electrons. The Morgan fingerprint density at radius 1 is 1.06 bits per heavy atom. The molecule has 9 heteroatoms. The van der Waals surface area contributed by atoms with Gasteiger partial charge in [-0.05, 0) is 29.8 Å². The van der Waals surface area contributed by atoms with Crippen molar-refractivity contribution in [3.05, 3.63) is 59.1 Å². The first kappa shape index (κ1) is 23.1. The number of aliphatic carboxylic acids is 1. The summed E-state index contributed by atoms with van der Waals surface area (Å²) in [7, 11) is 4.61. The lowest BCUT2D eigenvalue weighted by molar-refractivity contribution is -0.137. The molecule has 0 bridgehead atoms. The third kappa shape index (κ3) is 5.76. The first-order chi connectivity index (χ1) is 15.4. The summed E-state index contributed by atoms with van der Waals surface area (Å²) >= 11 is 1.43. The lowest BCUT2D eigenvalue weighted by Gasteiger charge is -2.19. The van der Waals surface area contributed by atoms with Crippen molar-refractivity contribution >= 4 is 23.2 Å². The maximum Gasteiger partial charge on any atom is 0.305 e. The molecule has 0 aliphatic rings. The average Bonchev–Trinajstić information content (AvgIpc) is 3.26. The maximum absolute atomic E-state index is 12.7. The minimum absolute atomic E-state index is 0.0316. The summed E-state index contributed by atoms with van der Waals surface area (Å²) in [6.07, 6.45) is -0.239. The maximum atomic E-state index is 12.7. The molecular weight excluding hydrogens is 432 g/mol. The molecule has 8 nitrogen and oxygen atoms in total. The number of rotatable bonds is 10. The van der Waals surface area contributed by atoms with Crippen molar-refractivity contribution in [3.63, 3.8) is 0 Å². The second-order valence-electron chi connectivity index (χ2n) is 6.89. The predicted octanol–water partition coefficient (Wildman–Crippen LogP) is 3.71. The average molecular weight is 457 g/mol. The monoisotopic (exact) mass is 456 g/mol. The van der Waals surface area contributed by atoms with Gasteiger partial charge in [0.2, 0.25) is 5.91 Å². The largest absolute Gasteiger partial charge is 0.497 e. The van der Waals surface area contributed by atoms with Crippen LogP contribution < -0.4 is 19.5 Å². The van der Waals surface area contributed by atoms with E-state index in [9.17, 15) is 14.7 Å². The Kier molecular flexibility index (Phi) is 7.67. The van der Waals surface area contributed by atoms with Gasteiger partial charge in [-0.1, -0.05) is 18.2 Å². The van der Waals surface area contributed by atoms with E-state index in [0.29, 0.717) is 22.8 Å². The van der Waals surface area contributed by atoms with Gasteiger partial charge in [-0.15, -0.1) is 11.3 Å². The number of ether oxygens (including phenoxy) is 3. The van der Waals surface area contributed by atoms with Crippen LogP contribution in [-0.2, 0) is 16.0 Å². The summed E-state index contributed by atoms with van der Waals surface area (Å²) in [5, 5.41) is 14.7. The Morgan fingerprint density at radius 3 is 2.53 bits per heavy atom. The van der Waals surface area contributed by atoms with Crippen molar-refractivity contribution < 1.29 is 28.9 Å². The van der Waals surface area contributed by atoms with Gasteiger partial charge in [0.25, 0.3) is 0 Å². The van der Waals surface area contributed by atoms with E-state index in [-0.39, 0.29) is 18.7 Å². The minimum atomic E-state index is -1.03. The number of aromatic nitrogens is 1. The first-order valence-electron chi connectivity index (χ1n) is 9.75. The summed E-state index contributed by atoms with van der Waals surface area (Å²) in [4.78, 5) is 28.6. The van der Waals surface area contributed by atoms with Gasteiger partial charge in [-0.3, -0.25) is 9.59 Å². The zero-order valence-electron chi connectivity index (χ0n) is 18.0. The molecule has 3 rings (SSSR count). The standard InChI is InChI=1S/C23H24N2O6S/c1-29-17-6-4-5-15(9-17)23-24-16(13-32-23)11-21(26)25-18(12-22(27)28)14-7-8-19(30-2)20(10-14)31-3/h4-10,13,18H,11-12H2,1-3H3,(H,25,26)(H,27,28). The van der Waals surface area contributed by atoms with Crippen LogP contribution >= 0.6 is 11.3 Å². The highest BCUT2D eigenvalue weighted by molar-refractivity contribution is 7.13. The number of carbonyl (C=O) groups is 2. The van der Waals surface area contributed by atoms with Crippen molar-refractivity contribution in [1.29, 1.82) is 0 Å². The van der Waals surface area contributed by atoms with E-state index in [4.69, 9.17) is 14.2 Å². The zero-order chi connectivity index (χ0) is 23.1. The number of methoxy groups -OCH3 is 3. The SMILES string of the molecule is COc1cccc(-c2nc(CC(=O)NC(CC(=O)O)c3ccc(OC)c(OC)c3)cs2)c1. The lowest BCUT2D eigenvalue weighted by Crippen LogP contribution is -2.31. The highest BCUT2D eigenvalue weighted by atomic mass is 32.1. The van der Waals surface area contributed by atoms with Crippen LogP contribution in [0.2, 0.25) is 0 Å². The zero-order valence-corrected chi connectivity index (χ0v) is 18.8. The van der Waals surface area contributed by atoms with Gasteiger partial charge < -0.3 is 24.6 Å². The highest BCUT2D eigenvalue weighted by Gasteiger charge is 2.21. The number of nitrogens with zero attached hydrogens (tertiary/aromatic N) is 1. The van der Waals surface area contributed by atoms with E-state index in [2.05, 4.69) is 10.3 Å². The molecule has 0 aliphatic carbocycles. The predicted molar refractivity (Wildman–Crippen MR) is 120 cm³/mol. The Bertz CT molecular complexity index is 1100. The fourth-order valence-electron chi connectivity index (χ4n) is 3.18. The molecule has 1 amide bonds. The molecule has 0 aliphatic heterocycles. The number of carboxylic acids is 1. The van der Waals surface area contributed by atoms with Crippen LogP contribution in [0.15, 0.2) is 47.8 Å². The Morgan fingerprint density at radius 2 is 1.84 bits per heavy atom. The summed E-state index contributed by atoms with van der Waals surface area (Å²) in [5.74, 6) is 0.345. The van der Waals surface area contributed by atoms with Gasteiger partial charge in [0.05, 0.1) is 45.9 Å². The first-order valence-corrected chi connectivity index (χ1v) is 10.6. The Labute approximate surface area is 189 Å². The van der Waals surface area contributed by atoms with E-state index < -0.39 is 12.0 Å². The van der Waals surface area contributed by atoms with Crippen LogP contribution in [0.4, 0.5) is 0 Å². The second kappa shape index (κ2) is 10.6. The molecule has 0 fully saturated rings. The van der Waals surface area contributed by atoms with Gasteiger partial charge in [0, 0.05) is 10.9 Å². The number of nitrogens with one attached hydrogen (secondary N) is 1. The van der Waals surface area contributed by atoms with E-state index >= 15 is 0 Å². The summed E-state index contributed by atoms with van der Waals surface area (Å²) in [6, 6.07) is 11.8. The number of carbonyl (C=O) groups excluding carboxylic acids is 1. The van der Waals surface area contributed by atoms with Crippen molar-refractivity contribution in [2.45, 2.75) is 18.9 Å². The Hall–Kier alpha value is -3.59. The Balaban J connectivity index is 1.73. The fraction of sp³-hybridized carbons (Fsp3) is 0.261. The van der Waals surface area contributed by atoms with Crippen LogP contribution in [0.3, 0.4) is 0 Å². The molecule has 1 unspecified atom stereocenters. The summed E-state index contributed by atoms with van der Waals surface area (Å²) < 4.78 is 15.8. The van der Waals surface area contributed by atoms with E-state index in [1.54, 1.807) is 25.3 Å². The molecule has 1 aromatic heterocycles. The van der Waals surface area contributed by atoms with Crippen LogP contribution in [0.5, 0.6) is 17.2 Å². The number of carboxylic acid groups (broad SMARTS) is 1. The smallest absolute Gasteiger partial charge is 0.305 e. The van der Waals surface area contributed by atoms with Gasteiger partial charge in [0.15, 0.2) is 11.5 Å². The van der Waals surface area contributed by atoms with Gasteiger partial charge >= 0.3 is 5.97 Å². The molecule has 0 saturated carbocycles. The van der Waals surface area contributed by atoms with Crippen LogP contribution in [0.1, 0.15) is 23.7 Å². The van der Waals surface area contributed by atoms with E-state index in [1.807, 2.05) is 29.6 Å². The fourth-order valence-corrected chi connectivity index (χ4v) is 4.00. The highest BCUT2D eigenvalue weighted by Crippen LogP contribution is 2.31. The third-order valence-corrected chi connectivity index (χ3v) is 5.67. The molecule has 1 atom stereocenters. The molecule has 3 aromatic rings. The number of benzene rings is 2. The molecule has 32 heavy (non-hydrogen) atoms. The van der Waals surface area contributed by atoms with Crippen molar-refractivity contribution in [2.24, 2.45) is 0 Å². The molecule has 2 N–H and O–H groups in total. The lowest BCUT2D eigenvalue weighted by atomic mass is 10.0. The van der Waals surface area contributed by atoms with Crippen molar-refractivity contribution in [1.82, 2.24) is 10.3 Å². The number of amides is 1. The van der Waals surface area contributed by atoms with Crippen LogP contribution in [0, 0.1) is 0 Å². The molecule has 1 heterocycles. The third-order valence-electron chi connectivity index (χ3n) is 4.73. The number of hydrogen-bond donors (Lipinski definition) is 2. The second-order valence-corrected chi connectivity index (χ2v) is 7.74. The van der Waals surface area contributed by atoms with Gasteiger partial charge in [-0.25, -0.2) is 4.98 Å².